The minimum Gasteiger partial charge on any atom is -0.496 e. The van der Waals surface area contributed by atoms with Gasteiger partial charge in [0.15, 0.2) is 0 Å². The molecule has 1 aromatic carbocycles. The van der Waals surface area contributed by atoms with Crippen LogP contribution in [0.1, 0.15) is 43.0 Å². The van der Waals surface area contributed by atoms with Crippen LogP contribution in [-0.2, 0) is 13.0 Å². The normalized spacial score (nSPS) is 19.3. The molecule has 1 aliphatic rings. The number of benzene rings is 1. The van der Waals surface area contributed by atoms with E-state index in [1.807, 2.05) is 7.05 Å². The standard InChI is InChI=1S/C16H26N2O/c1-5-15-14-10-16(19-4)13(11-17-3)9-12(14)7-8-18(15)6-2/h9-10,15,17H,5-8,11H2,1-4H3. The predicted molar refractivity (Wildman–Crippen MR) is 79.7 cm³/mol. The van der Waals surface area contributed by atoms with Crippen molar-refractivity contribution in [3.8, 4) is 5.75 Å². The Morgan fingerprint density at radius 2 is 2.16 bits per heavy atom. The van der Waals surface area contributed by atoms with Gasteiger partial charge in [0.2, 0.25) is 0 Å². The Morgan fingerprint density at radius 1 is 1.37 bits per heavy atom. The largest absolute Gasteiger partial charge is 0.496 e. The highest BCUT2D eigenvalue weighted by molar-refractivity contribution is 5.45. The molecule has 1 N–H and O–H groups in total. The second-order valence-electron chi connectivity index (χ2n) is 5.20. The van der Waals surface area contributed by atoms with E-state index in [4.69, 9.17) is 4.74 Å². The van der Waals surface area contributed by atoms with Crippen molar-refractivity contribution in [2.75, 3.05) is 27.2 Å². The molecule has 1 aliphatic heterocycles. The summed E-state index contributed by atoms with van der Waals surface area (Å²) in [6, 6.07) is 5.14. The minimum absolute atomic E-state index is 0.547. The molecular formula is C16H26N2O. The van der Waals surface area contributed by atoms with Crippen LogP contribution in [0.25, 0.3) is 0 Å². The molecule has 0 saturated carbocycles. The summed E-state index contributed by atoms with van der Waals surface area (Å²) in [5.41, 5.74) is 4.23. The van der Waals surface area contributed by atoms with Gasteiger partial charge in [-0.25, -0.2) is 0 Å². The highest BCUT2D eigenvalue weighted by Gasteiger charge is 2.26. The summed E-state index contributed by atoms with van der Waals surface area (Å²) in [5, 5.41) is 3.22. The van der Waals surface area contributed by atoms with Crippen molar-refractivity contribution in [3.63, 3.8) is 0 Å². The number of rotatable bonds is 5. The Hall–Kier alpha value is -1.06. The van der Waals surface area contributed by atoms with Gasteiger partial charge >= 0.3 is 0 Å². The highest BCUT2D eigenvalue weighted by atomic mass is 16.5. The Bertz CT molecular complexity index is 431. The molecule has 1 heterocycles. The Kier molecular flexibility index (Phi) is 4.83. The molecule has 19 heavy (non-hydrogen) atoms. The Balaban J connectivity index is 2.42. The van der Waals surface area contributed by atoms with Gasteiger partial charge in [0.25, 0.3) is 0 Å². The Labute approximate surface area is 116 Å². The van der Waals surface area contributed by atoms with Crippen molar-refractivity contribution in [1.29, 1.82) is 0 Å². The molecule has 3 nitrogen and oxygen atoms in total. The molecule has 0 saturated heterocycles. The molecule has 0 amide bonds. The van der Waals surface area contributed by atoms with Crippen LogP contribution in [0.3, 0.4) is 0 Å². The number of methoxy groups -OCH3 is 1. The van der Waals surface area contributed by atoms with Crippen molar-refractivity contribution in [3.05, 3.63) is 28.8 Å². The van der Waals surface area contributed by atoms with Gasteiger partial charge in [0.1, 0.15) is 5.75 Å². The SMILES string of the molecule is CCC1c2cc(OC)c(CNC)cc2CCN1CC. The van der Waals surface area contributed by atoms with Crippen molar-refractivity contribution >= 4 is 0 Å². The molecule has 1 unspecified atom stereocenters. The van der Waals surface area contributed by atoms with E-state index in [9.17, 15) is 0 Å². The summed E-state index contributed by atoms with van der Waals surface area (Å²) in [6.45, 7) is 7.69. The molecule has 1 atom stereocenters. The Morgan fingerprint density at radius 3 is 2.74 bits per heavy atom. The fraction of sp³-hybridized carbons (Fsp3) is 0.625. The van der Waals surface area contributed by atoms with Gasteiger partial charge in [-0.15, -0.1) is 0 Å². The first-order chi connectivity index (χ1) is 9.24. The van der Waals surface area contributed by atoms with Gasteiger partial charge in [-0.05, 0) is 43.6 Å². The van der Waals surface area contributed by atoms with E-state index in [2.05, 4.69) is 36.2 Å². The van der Waals surface area contributed by atoms with Crippen LogP contribution in [-0.4, -0.2) is 32.1 Å². The predicted octanol–water partition coefficient (Wildman–Crippen LogP) is 2.74. The summed E-state index contributed by atoms with van der Waals surface area (Å²) in [7, 11) is 3.74. The molecule has 2 rings (SSSR count). The smallest absolute Gasteiger partial charge is 0.123 e. The lowest BCUT2D eigenvalue weighted by atomic mass is 9.89. The summed E-state index contributed by atoms with van der Waals surface area (Å²) in [5.74, 6) is 1.02. The summed E-state index contributed by atoms with van der Waals surface area (Å²) >= 11 is 0. The van der Waals surface area contributed by atoms with Gasteiger partial charge in [-0.3, -0.25) is 4.90 Å². The molecule has 0 radical (unpaired) electrons. The molecule has 0 fully saturated rings. The van der Waals surface area contributed by atoms with Crippen molar-refractivity contribution in [2.45, 2.75) is 39.3 Å². The second-order valence-corrected chi connectivity index (χ2v) is 5.20. The zero-order valence-electron chi connectivity index (χ0n) is 12.6. The minimum atomic E-state index is 0.547. The first-order valence-corrected chi connectivity index (χ1v) is 7.33. The molecule has 3 heteroatoms. The maximum atomic E-state index is 5.57. The van der Waals surface area contributed by atoms with Gasteiger partial charge < -0.3 is 10.1 Å². The van der Waals surface area contributed by atoms with E-state index in [-0.39, 0.29) is 0 Å². The third-order valence-electron chi connectivity index (χ3n) is 4.17. The van der Waals surface area contributed by atoms with Crippen LogP contribution in [0.5, 0.6) is 5.75 Å². The summed E-state index contributed by atoms with van der Waals surface area (Å²) in [6.07, 6.45) is 2.32. The summed E-state index contributed by atoms with van der Waals surface area (Å²) < 4.78 is 5.57. The monoisotopic (exact) mass is 262 g/mol. The number of nitrogens with one attached hydrogen (secondary N) is 1. The topological polar surface area (TPSA) is 24.5 Å². The highest BCUT2D eigenvalue weighted by Crippen LogP contribution is 2.36. The van der Waals surface area contributed by atoms with E-state index in [0.717, 1.165) is 31.7 Å². The number of hydrogen-bond acceptors (Lipinski definition) is 3. The van der Waals surface area contributed by atoms with Gasteiger partial charge in [0.05, 0.1) is 7.11 Å². The number of ether oxygens (including phenoxy) is 1. The molecule has 0 spiro atoms. The number of likely N-dealkylation sites (N-methyl/N-ethyl adjacent to an activating group) is 1. The van der Waals surface area contributed by atoms with Gasteiger partial charge in [-0.1, -0.05) is 19.9 Å². The van der Waals surface area contributed by atoms with Crippen LogP contribution in [0.4, 0.5) is 0 Å². The van der Waals surface area contributed by atoms with E-state index in [1.165, 1.54) is 23.2 Å². The molecule has 0 aromatic heterocycles. The lowest BCUT2D eigenvalue weighted by Crippen LogP contribution is -2.35. The lowest BCUT2D eigenvalue weighted by molar-refractivity contribution is 0.189. The molecule has 106 valence electrons. The van der Waals surface area contributed by atoms with E-state index < -0.39 is 0 Å². The van der Waals surface area contributed by atoms with Crippen LogP contribution in [0, 0.1) is 0 Å². The first-order valence-electron chi connectivity index (χ1n) is 7.33. The maximum Gasteiger partial charge on any atom is 0.123 e. The van der Waals surface area contributed by atoms with E-state index in [1.54, 1.807) is 7.11 Å². The van der Waals surface area contributed by atoms with E-state index in [0.29, 0.717) is 6.04 Å². The fourth-order valence-corrected chi connectivity index (χ4v) is 3.21. The molecule has 0 aliphatic carbocycles. The zero-order valence-corrected chi connectivity index (χ0v) is 12.6. The average Bonchev–Trinajstić information content (AvgIpc) is 2.45. The van der Waals surface area contributed by atoms with Crippen LogP contribution in [0.15, 0.2) is 12.1 Å². The maximum absolute atomic E-state index is 5.57. The molecule has 0 bridgehead atoms. The third kappa shape index (κ3) is 2.77. The van der Waals surface area contributed by atoms with Gasteiger partial charge in [0, 0.05) is 24.7 Å². The number of hydrogen-bond donors (Lipinski definition) is 1. The number of nitrogens with zero attached hydrogens (tertiary/aromatic N) is 1. The van der Waals surface area contributed by atoms with Crippen molar-refractivity contribution in [2.24, 2.45) is 0 Å². The van der Waals surface area contributed by atoms with E-state index >= 15 is 0 Å². The second kappa shape index (κ2) is 6.40. The summed E-state index contributed by atoms with van der Waals surface area (Å²) in [4.78, 5) is 2.57. The average molecular weight is 262 g/mol. The molecular weight excluding hydrogens is 236 g/mol. The number of fused-ring (bicyclic) bond motifs is 1. The quantitative estimate of drug-likeness (QED) is 0.883. The van der Waals surface area contributed by atoms with Crippen LogP contribution in [0.2, 0.25) is 0 Å². The van der Waals surface area contributed by atoms with Crippen LogP contribution < -0.4 is 10.1 Å². The van der Waals surface area contributed by atoms with Crippen LogP contribution >= 0.6 is 0 Å². The molecule has 1 aromatic rings. The zero-order chi connectivity index (χ0) is 13.8. The van der Waals surface area contributed by atoms with Crippen molar-refractivity contribution < 1.29 is 4.74 Å². The fourth-order valence-electron chi connectivity index (χ4n) is 3.21. The van der Waals surface area contributed by atoms with Gasteiger partial charge in [-0.2, -0.15) is 0 Å². The first kappa shape index (κ1) is 14.4. The van der Waals surface area contributed by atoms with Crippen molar-refractivity contribution in [1.82, 2.24) is 10.2 Å². The lowest BCUT2D eigenvalue weighted by Gasteiger charge is -2.36. The third-order valence-corrected chi connectivity index (χ3v) is 4.17.